The summed E-state index contributed by atoms with van der Waals surface area (Å²) in [5, 5.41) is 3.18. The highest BCUT2D eigenvalue weighted by molar-refractivity contribution is 5.85. The van der Waals surface area contributed by atoms with Gasteiger partial charge in [-0.25, -0.2) is 8.78 Å². The summed E-state index contributed by atoms with van der Waals surface area (Å²) in [7, 11) is 0. The molecule has 0 bridgehead atoms. The first-order chi connectivity index (χ1) is 8.46. The van der Waals surface area contributed by atoms with Crippen molar-refractivity contribution in [2.24, 2.45) is 0 Å². The second-order valence-electron chi connectivity index (χ2n) is 5.32. The maximum atomic E-state index is 12.9. The fourth-order valence-corrected chi connectivity index (χ4v) is 2.63. The summed E-state index contributed by atoms with van der Waals surface area (Å²) in [5.74, 6) is -2.52. The molecule has 0 spiro atoms. The minimum Gasteiger partial charge on any atom is -0.339 e. The van der Waals surface area contributed by atoms with E-state index in [-0.39, 0.29) is 30.9 Å². The molecule has 2 heterocycles. The lowest BCUT2D eigenvalue weighted by Crippen LogP contribution is -2.54. The van der Waals surface area contributed by atoms with E-state index >= 15 is 0 Å². The van der Waals surface area contributed by atoms with E-state index < -0.39 is 5.92 Å². The molecule has 1 N–H and O–H groups in total. The minimum absolute atomic E-state index is 0. The van der Waals surface area contributed by atoms with Crippen LogP contribution in [0.3, 0.4) is 0 Å². The molecular formula is C12H22ClF2N3O. The van der Waals surface area contributed by atoms with E-state index in [1.165, 1.54) is 0 Å². The third kappa shape index (κ3) is 4.85. The van der Waals surface area contributed by atoms with E-state index in [0.717, 1.165) is 26.3 Å². The van der Waals surface area contributed by atoms with Crippen molar-refractivity contribution in [2.75, 3.05) is 39.3 Å². The van der Waals surface area contributed by atoms with Crippen LogP contribution in [-0.2, 0) is 4.79 Å². The summed E-state index contributed by atoms with van der Waals surface area (Å²) >= 11 is 0. The largest absolute Gasteiger partial charge is 0.339 e. The molecule has 0 unspecified atom stereocenters. The van der Waals surface area contributed by atoms with E-state index in [1.807, 2.05) is 0 Å². The third-order valence-corrected chi connectivity index (χ3v) is 3.54. The van der Waals surface area contributed by atoms with Crippen LogP contribution >= 0.6 is 12.4 Å². The van der Waals surface area contributed by atoms with Gasteiger partial charge >= 0.3 is 0 Å². The molecule has 2 aliphatic heterocycles. The predicted molar refractivity (Wildman–Crippen MR) is 71.9 cm³/mol. The van der Waals surface area contributed by atoms with Gasteiger partial charge in [0.15, 0.2) is 0 Å². The summed E-state index contributed by atoms with van der Waals surface area (Å²) in [5.41, 5.74) is 0. The molecule has 19 heavy (non-hydrogen) atoms. The molecule has 4 nitrogen and oxygen atoms in total. The van der Waals surface area contributed by atoms with Gasteiger partial charge in [0, 0.05) is 33.1 Å². The Bertz CT molecular complexity index is 298. The van der Waals surface area contributed by atoms with E-state index in [4.69, 9.17) is 0 Å². The first-order valence-electron chi connectivity index (χ1n) is 6.58. The molecule has 2 fully saturated rings. The van der Waals surface area contributed by atoms with Crippen molar-refractivity contribution >= 4 is 18.3 Å². The lowest BCUT2D eigenvalue weighted by molar-refractivity contribution is -0.135. The van der Waals surface area contributed by atoms with Crippen LogP contribution in [0.4, 0.5) is 8.78 Å². The number of alkyl halides is 2. The lowest BCUT2D eigenvalue weighted by atomic mass is 10.2. The van der Waals surface area contributed by atoms with Crippen LogP contribution in [0.15, 0.2) is 0 Å². The number of piperazine rings is 1. The Kier molecular flexibility index (Phi) is 5.95. The van der Waals surface area contributed by atoms with Crippen LogP contribution in [0.1, 0.15) is 19.8 Å². The Balaban J connectivity index is 0.00000180. The lowest BCUT2D eigenvalue weighted by Gasteiger charge is -2.36. The van der Waals surface area contributed by atoms with Gasteiger partial charge in [-0.15, -0.1) is 12.4 Å². The second-order valence-corrected chi connectivity index (χ2v) is 5.32. The summed E-state index contributed by atoms with van der Waals surface area (Å²) in [4.78, 5) is 15.6. The van der Waals surface area contributed by atoms with Crippen molar-refractivity contribution < 1.29 is 13.6 Å². The van der Waals surface area contributed by atoms with Crippen molar-refractivity contribution in [3.63, 3.8) is 0 Å². The van der Waals surface area contributed by atoms with Gasteiger partial charge < -0.3 is 10.2 Å². The molecule has 2 aliphatic rings. The number of nitrogens with zero attached hydrogens (tertiary/aromatic N) is 2. The summed E-state index contributed by atoms with van der Waals surface area (Å²) in [6.45, 7) is 3.84. The number of hydrogen-bond donors (Lipinski definition) is 1. The van der Waals surface area contributed by atoms with Gasteiger partial charge in [0.1, 0.15) is 0 Å². The van der Waals surface area contributed by atoms with Crippen molar-refractivity contribution in [3.8, 4) is 0 Å². The average Bonchev–Trinajstić information content (AvgIpc) is 2.80. The molecule has 2 saturated heterocycles. The predicted octanol–water partition coefficient (Wildman–Crippen LogP) is 0.960. The van der Waals surface area contributed by atoms with E-state index in [0.29, 0.717) is 26.2 Å². The molecular weight excluding hydrogens is 276 g/mol. The van der Waals surface area contributed by atoms with Crippen molar-refractivity contribution in [2.45, 2.75) is 31.7 Å². The summed E-state index contributed by atoms with van der Waals surface area (Å²) in [6.07, 6.45) is 1.94. The summed E-state index contributed by atoms with van der Waals surface area (Å²) in [6, 6.07) is -0.0517. The van der Waals surface area contributed by atoms with Crippen molar-refractivity contribution in [3.05, 3.63) is 0 Å². The highest BCUT2D eigenvalue weighted by Gasteiger charge is 2.31. The Hall–Kier alpha value is -0.460. The van der Waals surface area contributed by atoms with Crippen molar-refractivity contribution in [1.82, 2.24) is 15.1 Å². The van der Waals surface area contributed by atoms with E-state index in [9.17, 15) is 13.6 Å². The Morgan fingerprint density at radius 2 is 1.95 bits per heavy atom. The fourth-order valence-electron chi connectivity index (χ4n) is 2.63. The molecule has 7 heteroatoms. The quantitative estimate of drug-likeness (QED) is 0.843. The standard InChI is InChI=1S/C12H21F2N3O.ClH/c1-12(13,14)9-16-5-7-17(8-6-16)11(18)10-3-2-4-15-10;/h10,15H,2-9H2,1H3;1H/t10-;/m0./s1. The fraction of sp³-hybridized carbons (Fsp3) is 0.917. The molecule has 1 atom stereocenters. The Morgan fingerprint density at radius 1 is 1.32 bits per heavy atom. The van der Waals surface area contributed by atoms with Crippen LogP contribution in [0, 0.1) is 0 Å². The molecule has 0 aliphatic carbocycles. The van der Waals surface area contributed by atoms with Gasteiger partial charge in [-0.2, -0.15) is 0 Å². The highest BCUT2D eigenvalue weighted by atomic mass is 35.5. The Labute approximate surface area is 118 Å². The number of carbonyl (C=O) groups is 1. The topological polar surface area (TPSA) is 35.6 Å². The van der Waals surface area contributed by atoms with Crippen molar-refractivity contribution in [1.29, 1.82) is 0 Å². The smallest absolute Gasteiger partial charge is 0.257 e. The molecule has 0 radical (unpaired) electrons. The third-order valence-electron chi connectivity index (χ3n) is 3.54. The van der Waals surface area contributed by atoms with Crippen LogP contribution in [0.25, 0.3) is 0 Å². The van der Waals surface area contributed by atoms with E-state index in [1.54, 1.807) is 9.80 Å². The molecule has 2 rings (SSSR count). The van der Waals surface area contributed by atoms with Crippen LogP contribution in [0.5, 0.6) is 0 Å². The van der Waals surface area contributed by atoms with Crippen LogP contribution < -0.4 is 5.32 Å². The zero-order chi connectivity index (χ0) is 13.2. The molecule has 0 saturated carbocycles. The maximum absolute atomic E-state index is 12.9. The minimum atomic E-state index is -2.65. The maximum Gasteiger partial charge on any atom is 0.257 e. The molecule has 0 aromatic heterocycles. The van der Waals surface area contributed by atoms with Gasteiger partial charge in [0.25, 0.3) is 5.92 Å². The number of halogens is 3. The zero-order valence-corrected chi connectivity index (χ0v) is 12.0. The number of rotatable bonds is 3. The number of carbonyl (C=O) groups excluding carboxylic acids is 1. The van der Waals surface area contributed by atoms with Gasteiger partial charge in [-0.1, -0.05) is 0 Å². The number of nitrogens with one attached hydrogen (secondary N) is 1. The summed E-state index contributed by atoms with van der Waals surface area (Å²) < 4.78 is 25.8. The average molecular weight is 298 g/mol. The monoisotopic (exact) mass is 297 g/mol. The van der Waals surface area contributed by atoms with Gasteiger partial charge in [0.2, 0.25) is 5.91 Å². The van der Waals surface area contributed by atoms with Crippen LogP contribution in [-0.4, -0.2) is 66.9 Å². The first kappa shape index (κ1) is 16.6. The zero-order valence-electron chi connectivity index (χ0n) is 11.2. The SMILES string of the molecule is CC(F)(F)CN1CCN(C(=O)[C@@H]2CCCN2)CC1.Cl. The van der Waals surface area contributed by atoms with Gasteiger partial charge in [-0.05, 0) is 19.4 Å². The highest BCUT2D eigenvalue weighted by Crippen LogP contribution is 2.16. The number of amides is 1. The van der Waals surface area contributed by atoms with Crippen LogP contribution in [0.2, 0.25) is 0 Å². The molecule has 0 aromatic carbocycles. The van der Waals surface area contributed by atoms with Gasteiger partial charge in [-0.3, -0.25) is 9.69 Å². The number of hydrogen-bond acceptors (Lipinski definition) is 3. The first-order valence-corrected chi connectivity index (χ1v) is 6.58. The molecule has 112 valence electrons. The molecule has 0 aromatic rings. The second kappa shape index (κ2) is 6.81. The van der Waals surface area contributed by atoms with Gasteiger partial charge in [0.05, 0.1) is 12.6 Å². The Morgan fingerprint density at radius 3 is 2.42 bits per heavy atom. The normalized spacial score (nSPS) is 25.2. The van der Waals surface area contributed by atoms with E-state index in [2.05, 4.69) is 5.32 Å². The molecule has 1 amide bonds.